The van der Waals surface area contributed by atoms with Crippen molar-refractivity contribution in [2.45, 2.75) is 52.0 Å². The molecule has 4 amide bonds. The maximum Gasteiger partial charge on any atom is 0.331 e. The van der Waals surface area contributed by atoms with E-state index < -0.39 is 17.9 Å². The average Bonchev–Trinajstić information content (AvgIpc) is 2.44. The van der Waals surface area contributed by atoms with Crippen molar-refractivity contribution in [1.29, 1.82) is 0 Å². The second-order valence-electron chi connectivity index (χ2n) is 6.05. The van der Waals surface area contributed by atoms with Crippen LogP contribution in [0.4, 0.5) is 4.79 Å². The fraction of sp³-hybridized carbons (Fsp3) is 0.800. The highest BCUT2D eigenvalue weighted by Crippen LogP contribution is 2.19. The molecule has 2 heterocycles. The van der Waals surface area contributed by atoms with Gasteiger partial charge in [0.2, 0.25) is 11.8 Å². The van der Waals surface area contributed by atoms with Crippen LogP contribution in [0.15, 0.2) is 0 Å². The van der Waals surface area contributed by atoms with Crippen LogP contribution in [0.5, 0.6) is 0 Å². The summed E-state index contributed by atoms with van der Waals surface area (Å²) in [5.41, 5.74) is 0. The van der Waals surface area contributed by atoms with Gasteiger partial charge < -0.3 is 4.90 Å². The second-order valence-corrected chi connectivity index (χ2v) is 6.05. The van der Waals surface area contributed by atoms with E-state index in [9.17, 15) is 14.4 Å². The number of hydrogen-bond acceptors (Lipinski definition) is 4. The number of carbonyl (C=O) groups excluding carboxylic acids is 3. The Morgan fingerprint density at radius 3 is 2.48 bits per heavy atom. The highest BCUT2D eigenvalue weighted by Gasteiger charge is 2.42. The van der Waals surface area contributed by atoms with Crippen molar-refractivity contribution in [2.24, 2.45) is 5.92 Å². The summed E-state index contributed by atoms with van der Waals surface area (Å²) in [5, 5.41) is 2.32. The number of imide groups is 2. The van der Waals surface area contributed by atoms with Crippen molar-refractivity contribution in [2.75, 3.05) is 19.6 Å². The van der Waals surface area contributed by atoms with E-state index in [-0.39, 0.29) is 11.9 Å². The molecule has 0 aromatic heterocycles. The smallest absolute Gasteiger partial charge is 0.301 e. The third-order valence-electron chi connectivity index (χ3n) is 4.29. The molecule has 0 aromatic carbocycles. The first-order chi connectivity index (χ1) is 10.0. The van der Waals surface area contributed by atoms with Crippen molar-refractivity contribution >= 4 is 17.8 Å². The Bertz CT molecular complexity index is 418. The minimum atomic E-state index is -0.712. The lowest BCUT2D eigenvalue weighted by Crippen LogP contribution is -2.62. The van der Waals surface area contributed by atoms with Crippen LogP contribution in [-0.2, 0) is 9.59 Å². The molecule has 2 aliphatic heterocycles. The summed E-state index contributed by atoms with van der Waals surface area (Å²) in [4.78, 5) is 39.8. The normalized spacial score (nSPS) is 25.9. The minimum Gasteiger partial charge on any atom is -0.301 e. The first kappa shape index (κ1) is 15.9. The number of nitrogens with one attached hydrogen (secondary N) is 1. The minimum absolute atomic E-state index is 0.206. The van der Waals surface area contributed by atoms with E-state index in [1.165, 1.54) is 24.2 Å². The maximum absolute atomic E-state index is 12.4. The number of likely N-dealkylation sites (tertiary alicyclic amines) is 1. The third kappa shape index (κ3) is 3.61. The quantitative estimate of drug-likeness (QED) is 0.777. The highest BCUT2D eigenvalue weighted by molar-refractivity contribution is 6.16. The van der Waals surface area contributed by atoms with Gasteiger partial charge in [0, 0.05) is 6.54 Å². The lowest BCUT2D eigenvalue weighted by atomic mass is 9.98. The summed E-state index contributed by atoms with van der Waals surface area (Å²) in [5.74, 6) is -1.50. The molecule has 0 saturated carbocycles. The molecule has 6 heteroatoms. The predicted octanol–water partition coefficient (Wildman–Crippen LogP) is 1.36. The van der Waals surface area contributed by atoms with Gasteiger partial charge in [-0.2, -0.15) is 0 Å². The molecule has 1 N–H and O–H groups in total. The Kier molecular flexibility index (Phi) is 5.33. The number of rotatable bonds is 5. The zero-order valence-corrected chi connectivity index (χ0v) is 12.9. The lowest BCUT2D eigenvalue weighted by Gasteiger charge is -2.37. The van der Waals surface area contributed by atoms with Gasteiger partial charge in [0.05, 0.1) is 6.04 Å². The average molecular weight is 295 g/mol. The van der Waals surface area contributed by atoms with Crippen molar-refractivity contribution in [3.63, 3.8) is 0 Å². The fourth-order valence-corrected chi connectivity index (χ4v) is 3.19. The van der Waals surface area contributed by atoms with Gasteiger partial charge in [-0.3, -0.25) is 19.8 Å². The molecule has 2 rings (SSSR count). The second kappa shape index (κ2) is 7.02. The number of urea groups is 1. The van der Waals surface area contributed by atoms with Gasteiger partial charge in [-0.15, -0.1) is 0 Å². The Labute approximate surface area is 125 Å². The zero-order valence-electron chi connectivity index (χ0n) is 12.9. The Morgan fingerprint density at radius 2 is 1.86 bits per heavy atom. The third-order valence-corrected chi connectivity index (χ3v) is 4.29. The molecule has 2 fully saturated rings. The number of nitrogens with zero attached hydrogens (tertiary/aromatic N) is 2. The van der Waals surface area contributed by atoms with Crippen molar-refractivity contribution in [3.05, 3.63) is 0 Å². The van der Waals surface area contributed by atoms with Crippen LogP contribution in [0.3, 0.4) is 0 Å². The van der Waals surface area contributed by atoms with E-state index in [4.69, 9.17) is 0 Å². The number of hydrogen-bond donors (Lipinski definition) is 1. The molecule has 2 aliphatic rings. The Balaban J connectivity index is 2.03. The van der Waals surface area contributed by atoms with E-state index in [2.05, 4.69) is 10.2 Å². The molecular weight excluding hydrogens is 270 g/mol. The summed E-state index contributed by atoms with van der Waals surface area (Å²) in [6, 6.07) is -0.773. The Hall–Kier alpha value is -1.43. The van der Waals surface area contributed by atoms with Crippen LogP contribution in [0, 0.1) is 5.92 Å². The van der Waals surface area contributed by atoms with Gasteiger partial charge in [0.1, 0.15) is 5.92 Å². The summed E-state index contributed by atoms with van der Waals surface area (Å²) in [6.45, 7) is 6.53. The first-order valence-electron chi connectivity index (χ1n) is 7.94. The SMILES string of the molecule is CCCC1C(=O)NC(=O)N(C(C)CN2CCCCC2)C1=O. The first-order valence-corrected chi connectivity index (χ1v) is 7.94. The molecule has 21 heavy (non-hydrogen) atoms. The van der Waals surface area contributed by atoms with Crippen LogP contribution in [0.1, 0.15) is 46.0 Å². The molecule has 2 atom stereocenters. The molecular formula is C15H25N3O3. The molecule has 0 spiro atoms. The molecule has 0 bridgehead atoms. The fourth-order valence-electron chi connectivity index (χ4n) is 3.19. The van der Waals surface area contributed by atoms with Gasteiger partial charge in [-0.1, -0.05) is 19.8 Å². The zero-order chi connectivity index (χ0) is 15.4. The topological polar surface area (TPSA) is 69.7 Å². The van der Waals surface area contributed by atoms with Gasteiger partial charge in [-0.25, -0.2) is 4.79 Å². The predicted molar refractivity (Wildman–Crippen MR) is 78.5 cm³/mol. The molecule has 0 aromatic rings. The van der Waals surface area contributed by atoms with E-state index in [1.54, 1.807) is 0 Å². The molecule has 6 nitrogen and oxygen atoms in total. The molecule has 118 valence electrons. The molecule has 0 radical (unpaired) electrons. The van der Waals surface area contributed by atoms with Crippen molar-refractivity contribution in [3.8, 4) is 0 Å². The summed E-state index contributed by atoms with van der Waals surface area (Å²) >= 11 is 0. The summed E-state index contributed by atoms with van der Waals surface area (Å²) in [7, 11) is 0. The number of barbiturate groups is 1. The van der Waals surface area contributed by atoms with E-state index in [1.807, 2.05) is 13.8 Å². The van der Waals surface area contributed by atoms with Crippen LogP contribution in [0.25, 0.3) is 0 Å². The summed E-state index contributed by atoms with van der Waals surface area (Å²) < 4.78 is 0. The largest absolute Gasteiger partial charge is 0.331 e. The van der Waals surface area contributed by atoms with Crippen LogP contribution >= 0.6 is 0 Å². The van der Waals surface area contributed by atoms with Crippen LogP contribution < -0.4 is 5.32 Å². The van der Waals surface area contributed by atoms with Gasteiger partial charge in [0.25, 0.3) is 0 Å². The molecule has 0 aliphatic carbocycles. The number of amides is 4. The number of piperidine rings is 1. The van der Waals surface area contributed by atoms with Gasteiger partial charge in [-0.05, 0) is 39.3 Å². The van der Waals surface area contributed by atoms with E-state index in [0.717, 1.165) is 19.5 Å². The van der Waals surface area contributed by atoms with E-state index >= 15 is 0 Å². The monoisotopic (exact) mass is 295 g/mol. The Morgan fingerprint density at radius 1 is 1.19 bits per heavy atom. The van der Waals surface area contributed by atoms with Crippen molar-refractivity contribution < 1.29 is 14.4 Å². The van der Waals surface area contributed by atoms with Crippen molar-refractivity contribution in [1.82, 2.24) is 15.1 Å². The van der Waals surface area contributed by atoms with E-state index in [0.29, 0.717) is 13.0 Å². The lowest BCUT2D eigenvalue weighted by molar-refractivity contribution is -0.144. The standard InChI is InChI=1S/C15H25N3O3/c1-3-7-12-13(19)16-15(21)18(14(12)20)11(2)10-17-8-5-4-6-9-17/h11-12H,3-10H2,1-2H3,(H,16,19,21). The van der Waals surface area contributed by atoms with Crippen LogP contribution in [-0.4, -0.2) is 53.3 Å². The molecule has 2 unspecified atom stereocenters. The van der Waals surface area contributed by atoms with Gasteiger partial charge in [0.15, 0.2) is 0 Å². The number of carbonyl (C=O) groups is 3. The van der Waals surface area contributed by atoms with Crippen LogP contribution in [0.2, 0.25) is 0 Å². The summed E-state index contributed by atoms with van der Waals surface area (Å²) in [6.07, 6.45) is 4.83. The molecule has 2 saturated heterocycles. The maximum atomic E-state index is 12.4. The van der Waals surface area contributed by atoms with Gasteiger partial charge >= 0.3 is 6.03 Å². The highest BCUT2D eigenvalue weighted by atomic mass is 16.2.